The first-order chi connectivity index (χ1) is 9.61. The smallest absolute Gasteiger partial charge is 0.231 e. The molecular formula is C16H16FNO2. The molecule has 0 heterocycles. The van der Waals surface area contributed by atoms with E-state index in [1.165, 1.54) is 12.1 Å². The maximum absolute atomic E-state index is 13.2. The summed E-state index contributed by atoms with van der Waals surface area (Å²) in [6.45, 7) is 1.93. The highest BCUT2D eigenvalue weighted by Crippen LogP contribution is 2.23. The number of carbonyl (C=O) groups is 1. The van der Waals surface area contributed by atoms with Gasteiger partial charge in [-0.2, -0.15) is 0 Å². The number of nitrogens with one attached hydrogen (secondary N) is 1. The van der Waals surface area contributed by atoms with Gasteiger partial charge < -0.3 is 10.4 Å². The van der Waals surface area contributed by atoms with Crippen LogP contribution in [0.3, 0.4) is 0 Å². The number of rotatable bonds is 4. The van der Waals surface area contributed by atoms with E-state index in [1.54, 1.807) is 0 Å². The van der Waals surface area contributed by atoms with E-state index >= 15 is 0 Å². The van der Waals surface area contributed by atoms with Crippen LogP contribution in [0.25, 0.3) is 0 Å². The lowest BCUT2D eigenvalue weighted by molar-refractivity contribution is -0.117. The van der Waals surface area contributed by atoms with Crippen LogP contribution in [-0.2, 0) is 4.79 Å². The van der Waals surface area contributed by atoms with Gasteiger partial charge in [0.2, 0.25) is 5.91 Å². The first-order valence-corrected chi connectivity index (χ1v) is 6.46. The largest absolute Gasteiger partial charge is 0.505 e. The molecule has 1 unspecified atom stereocenters. The van der Waals surface area contributed by atoms with Gasteiger partial charge in [-0.15, -0.1) is 0 Å². The minimum Gasteiger partial charge on any atom is -0.505 e. The van der Waals surface area contributed by atoms with E-state index in [0.29, 0.717) is 12.1 Å². The van der Waals surface area contributed by atoms with E-state index in [2.05, 4.69) is 5.32 Å². The van der Waals surface area contributed by atoms with E-state index in [9.17, 15) is 9.18 Å². The Kier molecular flexibility index (Phi) is 4.35. The summed E-state index contributed by atoms with van der Waals surface area (Å²) in [4.78, 5) is 12.2. The van der Waals surface area contributed by atoms with Gasteiger partial charge in [-0.1, -0.05) is 37.3 Å². The summed E-state index contributed by atoms with van der Waals surface area (Å²) >= 11 is 0. The molecule has 0 aliphatic carbocycles. The van der Waals surface area contributed by atoms with E-state index < -0.39 is 11.6 Å². The number of anilines is 1. The molecule has 1 atom stereocenters. The van der Waals surface area contributed by atoms with Crippen LogP contribution in [0, 0.1) is 5.82 Å². The molecule has 2 N–H and O–H groups in total. The molecule has 104 valence electrons. The molecule has 0 radical (unpaired) electrons. The van der Waals surface area contributed by atoms with Gasteiger partial charge >= 0.3 is 0 Å². The average Bonchev–Trinajstić information content (AvgIpc) is 2.45. The Morgan fingerprint density at radius 1 is 1.25 bits per heavy atom. The van der Waals surface area contributed by atoms with Crippen molar-refractivity contribution in [3.63, 3.8) is 0 Å². The Hall–Kier alpha value is -2.36. The monoisotopic (exact) mass is 273 g/mol. The van der Waals surface area contributed by atoms with Crippen LogP contribution in [0.1, 0.15) is 24.8 Å². The van der Waals surface area contributed by atoms with Crippen LogP contribution in [0.5, 0.6) is 5.75 Å². The Bertz CT molecular complexity index is 599. The lowest BCUT2D eigenvalue weighted by Gasteiger charge is -2.15. The summed E-state index contributed by atoms with van der Waals surface area (Å²) in [5.41, 5.74) is 1.26. The predicted octanol–water partition coefficient (Wildman–Crippen LogP) is 3.66. The minimum atomic E-state index is -0.754. The van der Waals surface area contributed by atoms with Crippen molar-refractivity contribution < 1.29 is 14.3 Å². The van der Waals surface area contributed by atoms with Crippen LogP contribution in [0.4, 0.5) is 10.1 Å². The number of aromatic hydroxyl groups is 1. The van der Waals surface area contributed by atoms with Crippen molar-refractivity contribution in [2.24, 2.45) is 0 Å². The number of carbonyl (C=O) groups excluding carboxylic acids is 1. The van der Waals surface area contributed by atoms with Crippen molar-refractivity contribution >= 4 is 11.6 Å². The molecule has 0 aliphatic rings. The van der Waals surface area contributed by atoms with E-state index in [1.807, 2.05) is 37.3 Å². The molecule has 0 aromatic heterocycles. The van der Waals surface area contributed by atoms with Gasteiger partial charge in [-0.25, -0.2) is 4.39 Å². The topological polar surface area (TPSA) is 49.3 Å². The molecule has 0 fully saturated rings. The maximum atomic E-state index is 13.2. The second kappa shape index (κ2) is 6.19. The Balaban J connectivity index is 2.15. The third-order valence-electron chi connectivity index (χ3n) is 3.14. The molecule has 0 saturated heterocycles. The van der Waals surface area contributed by atoms with Crippen molar-refractivity contribution in [1.29, 1.82) is 0 Å². The van der Waals surface area contributed by atoms with Gasteiger partial charge in [0.25, 0.3) is 0 Å². The standard InChI is InChI=1S/C16H16FNO2/c1-2-13(11-6-4-3-5-7-11)16(20)18-12-8-9-15(19)14(17)10-12/h3-10,13,19H,2H2,1H3,(H,18,20). The summed E-state index contributed by atoms with van der Waals surface area (Å²) in [6, 6.07) is 13.2. The third kappa shape index (κ3) is 3.15. The van der Waals surface area contributed by atoms with E-state index in [4.69, 9.17) is 5.11 Å². The van der Waals surface area contributed by atoms with Crippen LogP contribution >= 0.6 is 0 Å². The Labute approximate surface area is 117 Å². The summed E-state index contributed by atoms with van der Waals surface area (Å²) in [5, 5.41) is 11.8. The average molecular weight is 273 g/mol. The van der Waals surface area contributed by atoms with Crippen LogP contribution in [0.2, 0.25) is 0 Å². The zero-order valence-corrected chi connectivity index (χ0v) is 11.1. The second-order valence-electron chi connectivity index (χ2n) is 4.53. The molecule has 2 aromatic carbocycles. The number of phenols is 1. The van der Waals surface area contributed by atoms with Gasteiger partial charge in [0.05, 0.1) is 5.92 Å². The van der Waals surface area contributed by atoms with Crippen LogP contribution in [0.15, 0.2) is 48.5 Å². The molecule has 0 saturated carbocycles. The number of halogens is 1. The highest BCUT2D eigenvalue weighted by atomic mass is 19.1. The fourth-order valence-corrected chi connectivity index (χ4v) is 2.07. The molecule has 3 nitrogen and oxygen atoms in total. The number of hydrogen-bond donors (Lipinski definition) is 2. The van der Waals surface area contributed by atoms with Gasteiger partial charge in [-0.3, -0.25) is 4.79 Å². The van der Waals surface area contributed by atoms with Crippen molar-refractivity contribution in [2.45, 2.75) is 19.3 Å². The fourth-order valence-electron chi connectivity index (χ4n) is 2.07. The summed E-state index contributed by atoms with van der Waals surface area (Å²) in [7, 11) is 0. The molecule has 2 rings (SSSR count). The highest BCUT2D eigenvalue weighted by molar-refractivity contribution is 5.95. The molecule has 2 aromatic rings. The Morgan fingerprint density at radius 3 is 2.55 bits per heavy atom. The number of benzene rings is 2. The molecule has 0 bridgehead atoms. The van der Waals surface area contributed by atoms with Crippen molar-refractivity contribution in [2.75, 3.05) is 5.32 Å². The Morgan fingerprint density at radius 2 is 1.95 bits per heavy atom. The van der Waals surface area contributed by atoms with Gasteiger partial charge in [0.1, 0.15) is 0 Å². The zero-order valence-electron chi connectivity index (χ0n) is 11.1. The van der Waals surface area contributed by atoms with Gasteiger partial charge in [-0.05, 0) is 24.1 Å². The predicted molar refractivity (Wildman–Crippen MR) is 76.2 cm³/mol. The maximum Gasteiger partial charge on any atom is 0.231 e. The number of phenolic OH excluding ortho intramolecular Hbond substituents is 1. The molecule has 1 amide bonds. The van der Waals surface area contributed by atoms with Crippen LogP contribution in [-0.4, -0.2) is 11.0 Å². The van der Waals surface area contributed by atoms with E-state index in [0.717, 1.165) is 11.6 Å². The first-order valence-electron chi connectivity index (χ1n) is 6.46. The molecule has 0 spiro atoms. The number of hydrogen-bond acceptors (Lipinski definition) is 2. The van der Waals surface area contributed by atoms with Gasteiger partial charge in [0, 0.05) is 11.8 Å². The van der Waals surface area contributed by atoms with E-state index in [-0.39, 0.29) is 11.8 Å². The van der Waals surface area contributed by atoms with Crippen molar-refractivity contribution in [3.8, 4) is 5.75 Å². The summed E-state index contributed by atoms with van der Waals surface area (Å²) in [5.74, 6) is -1.66. The van der Waals surface area contributed by atoms with Crippen LogP contribution < -0.4 is 5.32 Å². The second-order valence-corrected chi connectivity index (χ2v) is 4.53. The zero-order chi connectivity index (χ0) is 14.5. The van der Waals surface area contributed by atoms with Crippen molar-refractivity contribution in [3.05, 3.63) is 59.9 Å². The summed E-state index contributed by atoms with van der Waals surface area (Å²) < 4.78 is 13.2. The minimum absolute atomic E-state index is 0.191. The third-order valence-corrected chi connectivity index (χ3v) is 3.14. The van der Waals surface area contributed by atoms with Gasteiger partial charge in [0.15, 0.2) is 11.6 Å². The highest BCUT2D eigenvalue weighted by Gasteiger charge is 2.18. The lowest BCUT2D eigenvalue weighted by atomic mass is 9.95. The SMILES string of the molecule is CCC(C(=O)Nc1ccc(O)c(F)c1)c1ccccc1. The normalized spacial score (nSPS) is 11.9. The fraction of sp³-hybridized carbons (Fsp3) is 0.188. The quantitative estimate of drug-likeness (QED) is 0.835. The van der Waals surface area contributed by atoms with Crippen molar-refractivity contribution in [1.82, 2.24) is 0 Å². The lowest BCUT2D eigenvalue weighted by Crippen LogP contribution is -2.20. The summed E-state index contributed by atoms with van der Waals surface area (Å²) in [6.07, 6.45) is 0.649. The molecule has 0 aliphatic heterocycles. The molecule has 4 heteroatoms. The number of amides is 1. The first kappa shape index (κ1) is 14.1. The molecule has 20 heavy (non-hydrogen) atoms. The molecular weight excluding hydrogens is 257 g/mol.